The molecule has 0 aromatic carbocycles. The lowest BCUT2D eigenvalue weighted by Crippen LogP contribution is -2.38. The first kappa shape index (κ1) is 25.1. The minimum absolute atomic E-state index is 0.341. The molecule has 0 aliphatic rings. The van der Waals surface area contributed by atoms with Crippen molar-refractivity contribution in [2.45, 2.75) is 58.3 Å². The first-order valence-electron chi connectivity index (χ1n) is 8.28. The molecule has 0 saturated carbocycles. The number of carbonyl (C=O) groups is 4. The second-order valence-corrected chi connectivity index (χ2v) is 5.59. The minimum Gasteiger partial charge on any atom is -0.481 e. The third-order valence-electron chi connectivity index (χ3n) is 3.07. The van der Waals surface area contributed by atoms with Gasteiger partial charge in [0.25, 0.3) is 0 Å². The van der Waals surface area contributed by atoms with Crippen LogP contribution in [0.4, 0.5) is 0 Å². The summed E-state index contributed by atoms with van der Waals surface area (Å²) < 4.78 is 0. The second-order valence-electron chi connectivity index (χ2n) is 5.59. The Morgan fingerprint density at radius 1 is 0.600 bits per heavy atom. The Balaban J connectivity index is 0. The van der Waals surface area contributed by atoms with Crippen LogP contribution in [0.1, 0.15) is 58.3 Å². The number of hydrogen-bond donors (Lipinski definition) is 4. The molecule has 146 valence electrons. The fourth-order valence-electron chi connectivity index (χ4n) is 1.97. The Morgan fingerprint density at radius 2 is 0.960 bits per heavy atom. The van der Waals surface area contributed by atoms with E-state index < -0.39 is 43.5 Å². The van der Waals surface area contributed by atoms with Crippen LogP contribution in [0.25, 0.3) is 0 Å². The van der Waals surface area contributed by atoms with Crippen LogP contribution in [0.2, 0.25) is 0 Å². The van der Waals surface area contributed by atoms with Crippen molar-refractivity contribution in [2.24, 2.45) is 0 Å². The summed E-state index contributed by atoms with van der Waals surface area (Å²) in [5, 5.41) is 33.2. The van der Waals surface area contributed by atoms with Gasteiger partial charge in [0.1, 0.15) is 0 Å². The SMILES string of the molecule is CCCCCCCCCC(=O)O.O=C(O)CN(CC(=O)O)CC(=O)O. The third-order valence-corrected chi connectivity index (χ3v) is 3.07. The fourth-order valence-corrected chi connectivity index (χ4v) is 1.97. The van der Waals surface area contributed by atoms with Crippen LogP contribution in [-0.2, 0) is 19.2 Å². The van der Waals surface area contributed by atoms with E-state index in [0.717, 1.165) is 17.7 Å². The van der Waals surface area contributed by atoms with E-state index in [9.17, 15) is 19.2 Å². The highest BCUT2D eigenvalue weighted by atomic mass is 16.4. The molecule has 0 rings (SSSR count). The summed E-state index contributed by atoms with van der Waals surface area (Å²) in [5.41, 5.74) is 0. The highest BCUT2D eigenvalue weighted by Gasteiger charge is 2.15. The minimum atomic E-state index is -1.26. The molecule has 0 fully saturated rings. The lowest BCUT2D eigenvalue weighted by molar-refractivity contribution is -0.145. The predicted octanol–water partition coefficient (Wildman–Crippen LogP) is 1.75. The second kappa shape index (κ2) is 16.7. The molecule has 0 atom stereocenters. The van der Waals surface area contributed by atoms with Gasteiger partial charge in [-0.15, -0.1) is 0 Å². The number of carboxylic acids is 4. The first-order valence-corrected chi connectivity index (χ1v) is 8.28. The van der Waals surface area contributed by atoms with Gasteiger partial charge in [0.2, 0.25) is 0 Å². The molecule has 9 heteroatoms. The third kappa shape index (κ3) is 24.2. The van der Waals surface area contributed by atoms with Gasteiger partial charge < -0.3 is 20.4 Å². The summed E-state index contributed by atoms with van der Waals surface area (Å²) in [7, 11) is 0. The van der Waals surface area contributed by atoms with Crippen LogP contribution >= 0.6 is 0 Å². The number of nitrogens with zero attached hydrogens (tertiary/aromatic N) is 1. The van der Waals surface area contributed by atoms with Gasteiger partial charge in [0.05, 0.1) is 19.6 Å². The van der Waals surface area contributed by atoms with Crippen molar-refractivity contribution in [3.63, 3.8) is 0 Å². The normalized spacial score (nSPS) is 10.0. The topological polar surface area (TPSA) is 152 Å². The summed E-state index contributed by atoms with van der Waals surface area (Å²) in [4.78, 5) is 41.4. The maximum atomic E-state index is 10.1. The van der Waals surface area contributed by atoms with E-state index in [0.29, 0.717) is 6.42 Å². The molecule has 0 aliphatic carbocycles. The van der Waals surface area contributed by atoms with E-state index in [1.54, 1.807) is 0 Å². The Bertz CT molecular complexity index is 373. The molecule has 0 unspecified atom stereocenters. The lowest BCUT2D eigenvalue weighted by atomic mass is 10.1. The van der Waals surface area contributed by atoms with Crippen LogP contribution in [0.15, 0.2) is 0 Å². The molecule has 9 nitrogen and oxygen atoms in total. The van der Waals surface area contributed by atoms with E-state index in [1.807, 2.05) is 0 Å². The lowest BCUT2D eigenvalue weighted by Gasteiger charge is -2.14. The largest absolute Gasteiger partial charge is 0.481 e. The average Bonchev–Trinajstić information content (AvgIpc) is 2.44. The molecule has 0 aliphatic heterocycles. The number of unbranched alkanes of at least 4 members (excludes halogenated alkanes) is 6. The van der Waals surface area contributed by atoms with Crippen molar-refractivity contribution in [2.75, 3.05) is 19.6 Å². The summed E-state index contributed by atoms with van der Waals surface area (Å²) in [6, 6.07) is 0. The van der Waals surface area contributed by atoms with Crippen LogP contribution in [0, 0.1) is 0 Å². The van der Waals surface area contributed by atoms with Gasteiger partial charge in [-0.2, -0.15) is 0 Å². The van der Waals surface area contributed by atoms with E-state index in [1.165, 1.54) is 32.1 Å². The highest BCUT2D eigenvalue weighted by molar-refractivity contribution is 5.75. The van der Waals surface area contributed by atoms with Gasteiger partial charge >= 0.3 is 23.9 Å². The molecule has 0 saturated heterocycles. The van der Waals surface area contributed by atoms with Gasteiger partial charge in [-0.05, 0) is 6.42 Å². The van der Waals surface area contributed by atoms with E-state index in [-0.39, 0.29) is 0 Å². The molecule has 0 heterocycles. The molecule has 0 bridgehead atoms. The molecule has 0 aromatic heterocycles. The Hall–Kier alpha value is -2.16. The average molecular weight is 363 g/mol. The van der Waals surface area contributed by atoms with Crippen molar-refractivity contribution in [3.05, 3.63) is 0 Å². The van der Waals surface area contributed by atoms with E-state index in [4.69, 9.17) is 20.4 Å². The quantitative estimate of drug-likeness (QED) is 0.338. The van der Waals surface area contributed by atoms with Crippen molar-refractivity contribution >= 4 is 23.9 Å². The highest BCUT2D eigenvalue weighted by Crippen LogP contribution is 2.07. The zero-order valence-electron chi connectivity index (χ0n) is 14.6. The van der Waals surface area contributed by atoms with Crippen molar-refractivity contribution in [1.82, 2.24) is 4.90 Å². The molecular formula is C16H29NO8. The first-order chi connectivity index (χ1) is 11.7. The van der Waals surface area contributed by atoms with Gasteiger partial charge in [-0.25, -0.2) is 0 Å². The van der Waals surface area contributed by atoms with Crippen LogP contribution in [-0.4, -0.2) is 68.8 Å². The Kier molecular flexibility index (Phi) is 16.7. The molecular weight excluding hydrogens is 334 g/mol. The standard InChI is InChI=1S/C10H20O2.C6H9NO6/c1-2-3-4-5-6-7-8-9-10(11)12;8-4(9)1-7(2-5(10)11)3-6(12)13/h2-9H2,1H3,(H,11,12);1-3H2,(H,8,9)(H,10,11)(H,12,13). The number of carboxylic acid groups (broad SMARTS) is 4. The van der Waals surface area contributed by atoms with Crippen molar-refractivity contribution < 1.29 is 39.6 Å². The van der Waals surface area contributed by atoms with Crippen LogP contribution in [0.3, 0.4) is 0 Å². The number of rotatable bonds is 14. The molecule has 25 heavy (non-hydrogen) atoms. The fraction of sp³-hybridized carbons (Fsp3) is 0.750. The van der Waals surface area contributed by atoms with Crippen LogP contribution < -0.4 is 0 Å². The van der Waals surface area contributed by atoms with E-state index in [2.05, 4.69) is 6.92 Å². The van der Waals surface area contributed by atoms with Gasteiger partial charge in [0.15, 0.2) is 0 Å². The molecule has 4 N–H and O–H groups in total. The van der Waals surface area contributed by atoms with Crippen molar-refractivity contribution in [3.8, 4) is 0 Å². The van der Waals surface area contributed by atoms with Gasteiger partial charge in [0, 0.05) is 6.42 Å². The zero-order valence-corrected chi connectivity index (χ0v) is 14.6. The molecule has 0 radical (unpaired) electrons. The summed E-state index contributed by atoms with van der Waals surface area (Å²) >= 11 is 0. The van der Waals surface area contributed by atoms with E-state index >= 15 is 0 Å². The van der Waals surface area contributed by atoms with Gasteiger partial charge in [-0.1, -0.05) is 45.4 Å². The summed E-state index contributed by atoms with van der Waals surface area (Å²) in [6.07, 6.45) is 8.64. The maximum absolute atomic E-state index is 10.1. The Morgan fingerprint density at radius 3 is 1.28 bits per heavy atom. The van der Waals surface area contributed by atoms with Crippen molar-refractivity contribution in [1.29, 1.82) is 0 Å². The monoisotopic (exact) mass is 363 g/mol. The zero-order chi connectivity index (χ0) is 19.7. The Labute approximate surface area is 147 Å². The maximum Gasteiger partial charge on any atom is 0.317 e. The summed E-state index contributed by atoms with van der Waals surface area (Å²) in [6.45, 7) is 0.403. The summed E-state index contributed by atoms with van der Waals surface area (Å²) in [5.74, 6) is -4.45. The smallest absolute Gasteiger partial charge is 0.317 e. The molecule has 0 aromatic rings. The van der Waals surface area contributed by atoms with Crippen LogP contribution in [0.5, 0.6) is 0 Å². The number of aliphatic carboxylic acids is 4. The molecule has 0 spiro atoms. The predicted molar refractivity (Wildman–Crippen MR) is 89.6 cm³/mol. The molecule has 0 amide bonds. The van der Waals surface area contributed by atoms with Gasteiger partial charge in [-0.3, -0.25) is 24.1 Å². The number of hydrogen-bond acceptors (Lipinski definition) is 5.